The number of aromatic nitrogens is 1. The van der Waals surface area contributed by atoms with E-state index < -0.39 is 21.1 Å². The van der Waals surface area contributed by atoms with Gasteiger partial charge in [0.1, 0.15) is 10.7 Å². The summed E-state index contributed by atoms with van der Waals surface area (Å²) < 4.78 is 43.0. The molecule has 0 unspecified atom stereocenters. The number of piperidine rings is 1. The standard InChI is InChI=1S/C24H27FN2O3S/c1-4-17-8-10-18(11-9-17)31(29,30)23-15-26(3)21-14-22(20(25)13-19(21)24(23)28)27-12-6-5-7-16(27)2/h8-11,13-16H,4-7,12H2,1-3H3/t16-/m0/s1. The SMILES string of the molecule is CCc1ccc(S(=O)(=O)c2cn(C)c3cc(N4CCCC[C@@H]4C)c(F)cc3c2=O)cc1. The molecule has 2 aromatic carbocycles. The molecule has 0 radical (unpaired) electrons. The zero-order valence-corrected chi connectivity index (χ0v) is 18.9. The van der Waals surface area contributed by atoms with Crippen molar-refractivity contribution in [1.82, 2.24) is 4.57 Å². The average molecular weight is 443 g/mol. The highest BCUT2D eigenvalue weighted by molar-refractivity contribution is 7.91. The van der Waals surface area contributed by atoms with E-state index in [9.17, 15) is 13.2 Å². The fourth-order valence-corrected chi connectivity index (χ4v) is 5.76. The van der Waals surface area contributed by atoms with Gasteiger partial charge in [0.15, 0.2) is 0 Å². The number of rotatable bonds is 4. The maximum atomic E-state index is 15.1. The van der Waals surface area contributed by atoms with Gasteiger partial charge in [-0.05, 0) is 62.4 Å². The van der Waals surface area contributed by atoms with Gasteiger partial charge >= 0.3 is 0 Å². The van der Waals surface area contributed by atoms with Gasteiger partial charge in [-0.3, -0.25) is 4.79 Å². The lowest BCUT2D eigenvalue weighted by molar-refractivity contribution is 0.476. The number of sulfone groups is 1. The summed E-state index contributed by atoms with van der Waals surface area (Å²) in [5, 5.41) is 0.0691. The van der Waals surface area contributed by atoms with Crippen LogP contribution in [-0.4, -0.2) is 25.6 Å². The molecule has 5 nitrogen and oxygen atoms in total. The molecule has 0 N–H and O–H groups in total. The molecular weight excluding hydrogens is 415 g/mol. The van der Waals surface area contributed by atoms with E-state index in [-0.39, 0.29) is 21.2 Å². The number of fused-ring (bicyclic) bond motifs is 1. The number of hydrogen-bond donors (Lipinski definition) is 0. The van der Waals surface area contributed by atoms with Crippen molar-refractivity contribution in [2.24, 2.45) is 7.05 Å². The molecule has 1 aromatic heterocycles. The Kier molecular flexibility index (Phi) is 5.64. The van der Waals surface area contributed by atoms with Crippen LogP contribution in [0, 0.1) is 5.82 Å². The molecule has 1 aliphatic rings. The van der Waals surface area contributed by atoms with Gasteiger partial charge in [-0.2, -0.15) is 0 Å². The maximum absolute atomic E-state index is 15.1. The molecule has 1 atom stereocenters. The van der Waals surface area contributed by atoms with Crippen LogP contribution in [0.2, 0.25) is 0 Å². The molecule has 0 bridgehead atoms. The van der Waals surface area contributed by atoms with E-state index in [1.807, 2.05) is 11.8 Å². The van der Waals surface area contributed by atoms with Crippen molar-refractivity contribution in [3.8, 4) is 0 Å². The summed E-state index contributed by atoms with van der Waals surface area (Å²) in [5.74, 6) is -0.500. The quantitative estimate of drug-likeness (QED) is 0.599. The van der Waals surface area contributed by atoms with Gasteiger partial charge in [0.25, 0.3) is 0 Å². The van der Waals surface area contributed by atoms with Crippen LogP contribution in [0.25, 0.3) is 10.9 Å². The Balaban J connectivity index is 1.87. The van der Waals surface area contributed by atoms with Crippen molar-refractivity contribution in [2.45, 2.75) is 55.4 Å². The molecule has 0 saturated carbocycles. The maximum Gasteiger partial charge on any atom is 0.211 e. The summed E-state index contributed by atoms with van der Waals surface area (Å²) in [6.07, 6.45) is 5.23. The fraction of sp³-hybridized carbons (Fsp3) is 0.375. The van der Waals surface area contributed by atoms with Crippen LogP contribution < -0.4 is 10.3 Å². The Labute approximate surface area is 182 Å². The largest absolute Gasteiger partial charge is 0.366 e. The fourth-order valence-electron chi connectivity index (χ4n) is 4.36. The van der Waals surface area contributed by atoms with Crippen LogP contribution >= 0.6 is 0 Å². The van der Waals surface area contributed by atoms with Crippen molar-refractivity contribution < 1.29 is 12.8 Å². The van der Waals surface area contributed by atoms with Crippen LogP contribution in [0.1, 0.15) is 38.7 Å². The van der Waals surface area contributed by atoms with Crippen LogP contribution in [0.15, 0.2) is 57.2 Å². The number of pyridine rings is 1. The lowest BCUT2D eigenvalue weighted by Crippen LogP contribution is -2.38. The first-order valence-corrected chi connectivity index (χ1v) is 12.2. The average Bonchev–Trinajstić information content (AvgIpc) is 2.76. The number of aryl methyl sites for hydroxylation is 2. The molecule has 164 valence electrons. The zero-order valence-electron chi connectivity index (χ0n) is 18.1. The normalized spacial score (nSPS) is 17.3. The predicted molar refractivity (Wildman–Crippen MR) is 121 cm³/mol. The van der Waals surface area contributed by atoms with Crippen molar-refractivity contribution >= 4 is 26.4 Å². The summed E-state index contributed by atoms with van der Waals surface area (Å²) in [4.78, 5) is 14.9. The first kappa shape index (κ1) is 21.6. The second kappa shape index (κ2) is 8.11. The molecule has 1 aliphatic heterocycles. The second-order valence-electron chi connectivity index (χ2n) is 8.29. The Hall–Kier alpha value is -2.67. The number of hydrogen-bond acceptors (Lipinski definition) is 4. The highest BCUT2D eigenvalue weighted by Gasteiger charge is 2.26. The Morgan fingerprint density at radius 1 is 1.13 bits per heavy atom. The summed E-state index contributed by atoms with van der Waals surface area (Å²) in [7, 11) is -2.34. The monoisotopic (exact) mass is 442 g/mol. The summed E-state index contributed by atoms with van der Waals surface area (Å²) >= 11 is 0. The van der Waals surface area contributed by atoms with E-state index in [2.05, 4.69) is 6.92 Å². The van der Waals surface area contributed by atoms with Crippen LogP contribution in [0.4, 0.5) is 10.1 Å². The summed E-state index contributed by atoms with van der Waals surface area (Å²) in [5.41, 5.74) is 1.30. The van der Waals surface area contributed by atoms with E-state index in [4.69, 9.17) is 0 Å². The van der Waals surface area contributed by atoms with Crippen molar-refractivity contribution in [3.63, 3.8) is 0 Å². The predicted octanol–water partition coefficient (Wildman–Crippen LogP) is 4.45. The van der Waals surface area contributed by atoms with E-state index in [0.29, 0.717) is 11.2 Å². The number of nitrogens with zero attached hydrogens (tertiary/aromatic N) is 2. The lowest BCUT2D eigenvalue weighted by Gasteiger charge is -2.35. The van der Waals surface area contributed by atoms with Gasteiger partial charge in [-0.25, -0.2) is 12.8 Å². The van der Waals surface area contributed by atoms with Gasteiger partial charge < -0.3 is 9.47 Å². The summed E-state index contributed by atoms with van der Waals surface area (Å²) in [6.45, 7) is 4.81. The Bertz CT molecular complexity index is 1300. The molecule has 1 fully saturated rings. The molecule has 4 rings (SSSR count). The third-order valence-corrected chi connectivity index (χ3v) is 8.03. The minimum atomic E-state index is -4.03. The Morgan fingerprint density at radius 3 is 2.48 bits per heavy atom. The first-order valence-electron chi connectivity index (χ1n) is 10.7. The molecule has 0 amide bonds. The van der Waals surface area contributed by atoms with Crippen LogP contribution in [0.3, 0.4) is 0 Å². The zero-order chi connectivity index (χ0) is 22.3. The third-order valence-electron chi connectivity index (χ3n) is 6.27. The minimum absolute atomic E-state index is 0.0559. The molecule has 7 heteroatoms. The van der Waals surface area contributed by atoms with Gasteiger partial charge in [-0.15, -0.1) is 0 Å². The molecular formula is C24H27FN2O3S. The second-order valence-corrected chi connectivity index (χ2v) is 10.2. The van der Waals surface area contributed by atoms with Gasteiger partial charge in [0, 0.05) is 25.8 Å². The number of halogens is 1. The van der Waals surface area contributed by atoms with Crippen molar-refractivity contribution in [1.29, 1.82) is 0 Å². The van der Waals surface area contributed by atoms with E-state index in [1.165, 1.54) is 24.4 Å². The molecule has 0 spiro atoms. The topological polar surface area (TPSA) is 59.4 Å². The third kappa shape index (κ3) is 3.76. The minimum Gasteiger partial charge on any atom is -0.366 e. The van der Waals surface area contributed by atoms with E-state index >= 15 is 4.39 Å². The van der Waals surface area contributed by atoms with Gasteiger partial charge in [0.05, 0.1) is 21.5 Å². The summed E-state index contributed by atoms with van der Waals surface area (Å²) in [6, 6.07) is 9.57. The van der Waals surface area contributed by atoms with Crippen molar-refractivity contribution in [2.75, 3.05) is 11.4 Å². The van der Waals surface area contributed by atoms with Gasteiger partial charge in [-0.1, -0.05) is 19.1 Å². The molecule has 1 saturated heterocycles. The molecule has 2 heterocycles. The van der Waals surface area contributed by atoms with Crippen LogP contribution in [-0.2, 0) is 23.3 Å². The molecule has 31 heavy (non-hydrogen) atoms. The Morgan fingerprint density at radius 2 is 1.84 bits per heavy atom. The smallest absolute Gasteiger partial charge is 0.211 e. The lowest BCUT2D eigenvalue weighted by atomic mass is 10.0. The van der Waals surface area contributed by atoms with Crippen molar-refractivity contribution in [3.05, 3.63) is 64.2 Å². The molecule has 3 aromatic rings. The van der Waals surface area contributed by atoms with Crippen LogP contribution in [0.5, 0.6) is 0 Å². The highest BCUT2D eigenvalue weighted by Crippen LogP contribution is 2.31. The van der Waals surface area contributed by atoms with Gasteiger partial charge in [0.2, 0.25) is 15.3 Å². The highest BCUT2D eigenvalue weighted by atomic mass is 32.2. The first-order chi connectivity index (χ1) is 14.7. The van der Waals surface area contributed by atoms with E-state index in [0.717, 1.165) is 37.8 Å². The molecule has 0 aliphatic carbocycles. The number of anilines is 1. The number of benzene rings is 2. The van der Waals surface area contributed by atoms with E-state index in [1.54, 1.807) is 29.8 Å².